The van der Waals surface area contributed by atoms with E-state index >= 15 is 0 Å². The van der Waals surface area contributed by atoms with E-state index in [1.54, 1.807) is 39.1 Å². The average molecular weight is 519 g/mol. The maximum atomic E-state index is 13.6. The molecule has 0 spiro atoms. The first-order valence-corrected chi connectivity index (χ1v) is 9.80. The first-order valence-electron chi connectivity index (χ1n) is 8.64. The molecule has 8 heteroatoms. The van der Waals surface area contributed by atoms with Crippen molar-refractivity contribution in [2.24, 2.45) is 4.99 Å². The van der Waals surface area contributed by atoms with Gasteiger partial charge in [0.25, 0.3) is 0 Å². The van der Waals surface area contributed by atoms with E-state index in [1.165, 1.54) is 6.07 Å². The molecule has 2 rings (SSSR count). The zero-order valence-electron chi connectivity index (χ0n) is 16.3. The van der Waals surface area contributed by atoms with Gasteiger partial charge in [0, 0.05) is 31.6 Å². The summed E-state index contributed by atoms with van der Waals surface area (Å²) in [4.78, 5) is 4.22. The average Bonchev–Trinajstić information content (AvgIpc) is 2.71. The zero-order valence-corrected chi connectivity index (χ0v) is 19.5. The molecule has 5 nitrogen and oxygen atoms in total. The predicted octanol–water partition coefficient (Wildman–Crippen LogP) is 4.06. The molecule has 0 aliphatic heterocycles. The number of halogens is 2. The van der Waals surface area contributed by atoms with E-state index < -0.39 is 0 Å². The number of nitrogens with zero attached hydrogens (tertiary/aromatic N) is 1. The van der Waals surface area contributed by atoms with Crippen molar-refractivity contribution >= 4 is 41.7 Å². The Morgan fingerprint density at radius 3 is 2.50 bits per heavy atom. The molecule has 0 saturated carbocycles. The molecule has 0 aliphatic rings. The number of guanidine groups is 1. The maximum Gasteiger partial charge on any atom is 0.191 e. The molecule has 0 aromatic heterocycles. The van der Waals surface area contributed by atoms with Gasteiger partial charge in [0.1, 0.15) is 5.82 Å². The molecule has 2 aromatic rings. The highest BCUT2D eigenvalue weighted by molar-refractivity contribution is 14.0. The highest BCUT2D eigenvalue weighted by atomic mass is 127. The Hall–Kier alpha value is -1.68. The lowest BCUT2D eigenvalue weighted by atomic mass is 10.2. The molecular weight excluding hydrogens is 492 g/mol. The van der Waals surface area contributed by atoms with Gasteiger partial charge in [-0.05, 0) is 29.3 Å². The van der Waals surface area contributed by atoms with Gasteiger partial charge in [-0.2, -0.15) is 11.8 Å². The summed E-state index contributed by atoms with van der Waals surface area (Å²) >= 11 is 1.68. The van der Waals surface area contributed by atoms with Crippen molar-refractivity contribution < 1.29 is 13.9 Å². The van der Waals surface area contributed by atoms with Gasteiger partial charge in [0.05, 0.1) is 14.2 Å². The topological polar surface area (TPSA) is 54.9 Å². The second-order valence-corrected chi connectivity index (χ2v) is 6.79. The zero-order chi connectivity index (χ0) is 19.5. The van der Waals surface area contributed by atoms with Gasteiger partial charge in [-0.1, -0.05) is 24.3 Å². The van der Waals surface area contributed by atoms with E-state index in [0.29, 0.717) is 23.8 Å². The number of ether oxygens (including phenoxy) is 2. The Bertz CT molecular complexity index is 762. The lowest BCUT2D eigenvalue weighted by Gasteiger charge is -2.13. The minimum atomic E-state index is -0.148. The van der Waals surface area contributed by atoms with Crippen molar-refractivity contribution in [3.63, 3.8) is 0 Å². The lowest BCUT2D eigenvalue weighted by Crippen LogP contribution is -2.37. The Labute approximate surface area is 187 Å². The minimum absolute atomic E-state index is 0. The number of hydrogen-bond acceptors (Lipinski definition) is 4. The maximum absolute atomic E-state index is 13.6. The summed E-state index contributed by atoms with van der Waals surface area (Å²) in [6.07, 6.45) is 0. The molecule has 0 fully saturated rings. The van der Waals surface area contributed by atoms with Crippen LogP contribution in [-0.2, 0) is 12.3 Å². The van der Waals surface area contributed by atoms with Crippen LogP contribution in [0.5, 0.6) is 11.5 Å². The molecule has 2 aromatic carbocycles. The number of aliphatic imine (C=N–C) groups is 1. The predicted molar refractivity (Wildman–Crippen MR) is 126 cm³/mol. The third kappa shape index (κ3) is 7.75. The van der Waals surface area contributed by atoms with Crippen LogP contribution in [-0.4, -0.2) is 39.5 Å². The molecule has 154 valence electrons. The number of benzene rings is 2. The summed E-state index contributed by atoms with van der Waals surface area (Å²) in [5, 5.41) is 6.53. The van der Waals surface area contributed by atoms with Gasteiger partial charge in [-0.15, -0.1) is 24.0 Å². The van der Waals surface area contributed by atoms with Crippen molar-refractivity contribution in [2.45, 2.75) is 12.3 Å². The van der Waals surface area contributed by atoms with Crippen LogP contribution in [0.2, 0.25) is 0 Å². The van der Waals surface area contributed by atoms with E-state index in [-0.39, 0.29) is 29.8 Å². The lowest BCUT2D eigenvalue weighted by molar-refractivity contribution is 0.354. The van der Waals surface area contributed by atoms with E-state index in [1.807, 2.05) is 30.3 Å². The van der Waals surface area contributed by atoms with Crippen LogP contribution in [0.25, 0.3) is 0 Å². The van der Waals surface area contributed by atoms with Gasteiger partial charge in [-0.3, -0.25) is 4.99 Å². The van der Waals surface area contributed by atoms with Crippen LogP contribution in [0.1, 0.15) is 11.1 Å². The SMILES string of the molecule is CN=C(NCCSCc1ccccc1F)NCc1ccc(OC)c(OC)c1.I. The number of nitrogens with one attached hydrogen (secondary N) is 2. The van der Waals surface area contributed by atoms with Crippen LogP contribution in [0.3, 0.4) is 0 Å². The molecule has 0 atom stereocenters. The van der Waals surface area contributed by atoms with E-state index in [2.05, 4.69) is 15.6 Å². The minimum Gasteiger partial charge on any atom is -0.493 e. The van der Waals surface area contributed by atoms with Crippen molar-refractivity contribution in [3.05, 3.63) is 59.4 Å². The summed E-state index contributed by atoms with van der Waals surface area (Å²) in [5.74, 6) is 3.48. The highest BCUT2D eigenvalue weighted by Crippen LogP contribution is 2.27. The number of rotatable bonds is 9. The Kier molecular flexibility index (Phi) is 11.7. The molecule has 28 heavy (non-hydrogen) atoms. The normalized spacial score (nSPS) is 10.8. The smallest absolute Gasteiger partial charge is 0.191 e. The fourth-order valence-corrected chi connectivity index (χ4v) is 3.28. The van der Waals surface area contributed by atoms with E-state index in [0.717, 1.165) is 29.4 Å². The molecular formula is C20H27FIN3O2S. The van der Waals surface area contributed by atoms with Gasteiger partial charge < -0.3 is 20.1 Å². The number of thioether (sulfide) groups is 1. The molecule has 0 amide bonds. The molecule has 0 saturated heterocycles. The summed E-state index contributed by atoms with van der Waals surface area (Å²) in [6.45, 7) is 1.35. The van der Waals surface area contributed by atoms with E-state index in [9.17, 15) is 4.39 Å². The molecule has 0 radical (unpaired) electrons. The summed E-state index contributed by atoms with van der Waals surface area (Å²) in [6, 6.07) is 12.7. The van der Waals surface area contributed by atoms with Crippen LogP contribution >= 0.6 is 35.7 Å². The number of methoxy groups -OCH3 is 2. The van der Waals surface area contributed by atoms with Crippen LogP contribution in [0.4, 0.5) is 4.39 Å². The van der Waals surface area contributed by atoms with Crippen LogP contribution in [0, 0.1) is 5.82 Å². The second-order valence-electron chi connectivity index (χ2n) is 5.69. The Morgan fingerprint density at radius 1 is 1.07 bits per heavy atom. The number of hydrogen-bond donors (Lipinski definition) is 2. The molecule has 0 bridgehead atoms. The van der Waals surface area contributed by atoms with Crippen molar-refractivity contribution in [1.29, 1.82) is 0 Å². The molecule has 0 unspecified atom stereocenters. The van der Waals surface area contributed by atoms with Crippen molar-refractivity contribution in [3.8, 4) is 11.5 Å². The summed E-state index contributed by atoms with van der Waals surface area (Å²) in [5.41, 5.74) is 1.79. The Balaban J connectivity index is 0.00000392. The summed E-state index contributed by atoms with van der Waals surface area (Å²) < 4.78 is 24.1. The van der Waals surface area contributed by atoms with Gasteiger partial charge in [-0.25, -0.2) is 4.39 Å². The third-order valence-electron chi connectivity index (χ3n) is 3.89. The monoisotopic (exact) mass is 519 g/mol. The highest BCUT2D eigenvalue weighted by Gasteiger charge is 2.05. The first-order chi connectivity index (χ1) is 13.2. The van der Waals surface area contributed by atoms with E-state index in [4.69, 9.17) is 9.47 Å². The molecule has 2 N–H and O–H groups in total. The Morgan fingerprint density at radius 2 is 1.82 bits per heavy atom. The fraction of sp³-hybridized carbons (Fsp3) is 0.350. The fourth-order valence-electron chi connectivity index (χ4n) is 2.44. The largest absolute Gasteiger partial charge is 0.493 e. The van der Waals surface area contributed by atoms with Crippen LogP contribution in [0.15, 0.2) is 47.5 Å². The molecule has 0 aliphatic carbocycles. The third-order valence-corrected chi connectivity index (χ3v) is 4.89. The first kappa shape index (κ1) is 24.4. The van der Waals surface area contributed by atoms with Crippen molar-refractivity contribution in [2.75, 3.05) is 33.6 Å². The second kappa shape index (κ2) is 13.5. The quantitative estimate of drug-likeness (QED) is 0.227. The molecule has 0 heterocycles. The van der Waals surface area contributed by atoms with Crippen LogP contribution < -0.4 is 20.1 Å². The van der Waals surface area contributed by atoms with Gasteiger partial charge >= 0.3 is 0 Å². The van der Waals surface area contributed by atoms with Crippen molar-refractivity contribution in [1.82, 2.24) is 10.6 Å². The standard InChI is InChI=1S/C20H26FN3O2S.HI/c1-22-20(23-10-11-27-14-16-6-4-5-7-17(16)21)24-13-15-8-9-18(25-2)19(12-15)26-3;/h4-9,12H,10-11,13-14H2,1-3H3,(H2,22,23,24);1H. The van der Waals surface area contributed by atoms with Gasteiger partial charge in [0.15, 0.2) is 17.5 Å². The van der Waals surface area contributed by atoms with Gasteiger partial charge in [0.2, 0.25) is 0 Å². The summed E-state index contributed by atoms with van der Waals surface area (Å²) in [7, 11) is 4.97.